The summed E-state index contributed by atoms with van der Waals surface area (Å²) in [7, 11) is -1.88. The first kappa shape index (κ1) is 21.0. The molecular weight excluding hydrogens is 417 g/mol. The highest BCUT2D eigenvalue weighted by Gasteiger charge is 2.17. The number of hydrogen-bond acceptors (Lipinski definition) is 5. The Morgan fingerprint density at radius 2 is 1.90 bits per heavy atom. The van der Waals surface area contributed by atoms with Crippen LogP contribution in [0, 0.1) is 5.82 Å². The number of hydrogen-bond donors (Lipinski definition) is 1. The molecule has 0 unspecified atom stereocenters. The highest BCUT2D eigenvalue weighted by atomic mass is 32.2. The second kappa shape index (κ2) is 8.34. The zero-order valence-electron chi connectivity index (χ0n) is 15.9. The normalized spacial score (nSPS) is 11.6. The van der Waals surface area contributed by atoms with E-state index < -0.39 is 15.8 Å². The number of sulfonamides is 1. The molecule has 0 bridgehead atoms. The van der Waals surface area contributed by atoms with E-state index in [2.05, 4.69) is 5.32 Å². The fraction of sp³-hybridized carbons (Fsp3) is 0.263. The molecule has 10 heteroatoms. The number of rotatable bonds is 7. The van der Waals surface area contributed by atoms with Crippen molar-refractivity contribution in [3.05, 3.63) is 57.9 Å². The van der Waals surface area contributed by atoms with Gasteiger partial charge in [-0.3, -0.25) is 13.9 Å². The van der Waals surface area contributed by atoms with E-state index in [1.807, 2.05) is 0 Å². The molecule has 0 saturated carbocycles. The summed E-state index contributed by atoms with van der Waals surface area (Å²) in [5, 5.41) is 2.76. The minimum atomic E-state index is -3.57. The molecular formula is C19H20FN3O4S2. The van der Waals surface area contributed by atoms with E-state index in [-0.39, 0.29) is 30.2 Å². The highest BCUT2D eigenvalue weighted by molar-refractivity contribution is 7.92. The smallest absolute Gasteiger partial charge is 0.307 e. The topological polar surface area (TPSA) is 88.5 Å². The molecule has 3 rings (SSSR count). The van der Waals surface area contributed by atoms with Crippen LogP contribution in [0.4, 0.5) is 15.8 Å². The van der Waals surface area contributed by atoms with E-state index >= 15 is 0 Å². The molecule has 1 amide bonds. The van der Waals surface area contributed by atoms with Crippen LogP contribution in [0.1, 0.15) is 12.8 Å². The van der Waals surface area contributed by atoms with E-state index in [0.717, 1.165) is 32.1 Å². The first-order valence-electron chi connectivity index (χ1n) is 8.78. The maximum Gasteiger partial charge on any atom is 0.307 e. The minimum absolute atomic E-state index is 0.0786. The average molecular weight is 438 g/mol. The van der Waals surface area contributed by atoms with Crippen LogP contribution in [0.5, 0.6) is 0 Å². The predicted octanol–water partition coefficient (Wildman–Crippen LogP) is 2.92. The number of carbonyl (C=O) groups is 1. The highest BCUT2D eigenvalue weighted by Crippen LogP contribution is 2.22. The minimum Gasteiger partial charge on any atom is -0.326 e. The Balaban J connectivity index is 1.62. The summed E-state index contributed by atoms with van der Waals surface area (Å²) in [6.45, 7) is 0.0945. The Bertz CT molecular complexity index is 1200. The van der Waals surface area contributed by atoms with Crippen molar-refractivity contribution in [2.75, 3.05) is 22.4 Å². The molecule has 0 fully saturated rings. The fourth-order valence-electron chi connectivity index (χ4n) is 2.91. The largest absolute Gasteiger partial charge is 0.326 e. The number of halogens is 1. The van der Waals surface area contributed by atoms with Gasteiger partial charge in [0.2, 0.25) is 15.9 Å². The van der Waals surface area contributed by atoms with Crippen LogP contribution in [0.15, 0.2) is 47.3 Å². The number of fused-ring (bicyclic) bond motifs is 1. The van der Waals surface area contributed by atoms with Gasteiger partial charge in [-0.05, 0) is 48.9 Å². The van der Waals surface area contributed by atoms with Crippen LogP contribution in [0.2, 0.25) is 0 Å². The summed E-state index contributed by atoms with van der Waals surface area (Å²) in [6, 6.07) is 10.4. The maximum absolute atomic E-state index is 13.1. The van der Waals surface area contributed by atoms with Gasteiger partial charge in [0.15, 0.2) is 0 Å². The monoisotopic (exact) mass is 437 g/mol. The van der Waals surface area contributed by atoms with Crippen molar-refractivity contribution in [3.63, 3.8) is 0 Å². The molecule has 0 aliphatic heterocycles. The Labute approximate surface area is 171 Å². The molecule has 1 aromatic heterocycles. The Morgan fingerprint density at radius 1 is 1.21 bits per heavy atom. The van der Waals surface area contributed by atoms with Gasteiger partial charge in [0.05, 0.1) is 22.2 Å². The van der Waals surface area contributed by atoms with Gasteiger partial charge >= 0.3 is 4.87 Å². The van der Waals surface area contributed by atoms with E-state index in [1.54, 1.807) is 29.8 Å². The summed E-state index contributed by atoms with van der Waals surface area (Å²) >= 11 is 1.10. The van der Waals surface area contributed by atoms with Crippen molar-refractivity contribution in [1.82, 2.24) is 4.57 Å². The van der Waals surface area contributed by atoms with E-state index in [0.29, 0.717) is 11.4 Å². The lowest BCUT2D eigenvalue weighted by molar-refractivity contribution is -0.116. The van der Waals surface area contributed by atoms with Crippen molar-refractivity contribution in [3.8, 4) is 0 Å². The molecule has 7 nitrogen and oxygen atoms in total. The van der Waals surface area contributed by atoms with Gasteiger partial charge in [-0.1, -0.05) is 11.3 Å². The number of aromatic nitrogens is 1. The number of benzene rings is 2. The van der Waals surface area contributed by atoms with E-state index in [9.17, 15) is 22.4 Å². The molecule has 2 aromatic carbocycles. The number of aryl methyl sites for hydroxylation is 1. The third-order valence-corrected chi connectivity index (χ3v) is 6.55. The van der Waals surface area contributed by atoms with E-state index in [1.165, 1.54) is 24.3 Å². The van der Waals surface area contributed by atoms with Gasteiger partial charge in [0, 0.05) is 25.7 Å². The molecule has 0 atom stereocenters. The number of anilines is 2. The first-order chi connectivity index (χ1) is 13.6. The van der Waals surface area contributed by atoms with Gasteiger partial charge in [-0.15, -0.1) is 0 Å². The van der Waals surface area contributed by atoms with Crippen LogP contribution >= 0.6 is 11.3 Å². The van der Waals surface area contributed by atoms with Crippen molar-refractivity contribution in [2.24, 2.45) is 7.05 Å². The molecule has 0 aliphatic carbocycles. The molecule has 29 heavy (non-hydrogen) atoms. The Hall–Kier alpha value is -2.72. The molecule has 1 N–H and O–H groups in total. The van der Waals surface area contributed by atoms with Gasteiger partial charge in [-0.2, -0.15) is 0 Å². The summed E-state index contributed by atoms with van der Waals surface area (Å²) in [6.07, 6.45) is 1.46. The van der Waals surface area contributed by atoms with Crippen LogP contribution in [0.3, 0.4) is 0 Å². The molecule has 0 spiro atoms. The third kappa shape index (κ3) is 5.01. The van der Waals surface area contributed by atoms with Crippen LogP contribution in [-0.2, 0) is 21.9 Å². The van der Waals surface area contributed by atoms with Crippen molar-refractivity contribution in [1.29, 1.82) is 0 Å². The van der Waals surface area contributed by atoms with Crippen LogP contribution in [-0.4, -0.2) is 31.7 Å². The average Bonchev–Trinajstić information content (AvgIpc) is 2.92. The fourth-order valence-corrected chi connectivity index (χ4v) is 4.80. The summed E-state index contributed by atoms with van der Waals surface area (Å²) in [5.74, 6) is -0.720. The molecule has 3 aromatic rings. The molecule has 0 saturated heterocycles. The lowest BCUT2D eigenvalue weighted by Gasteiger charge is -2.22. The Morgan fingerprint density at radius 3 is 2.55 bits per heavy atom. The number of carbonyl (C=O) groups excluding carboxylic acids is 1. The zero-order chi connectivity index (χ0) is 21.2. The molecule has 154 valence electrons. The molecule has 0 aliphatic rings. The van der Waals surface area contributed by atoms with Crippen LogP contribution < -0.4 is 14.5 Å². The number of nitrogens with zero attached hydrogens (tertiary/aromatic N) is 2. The predicted molar refractivity (Wildman–Crippen MR) is 114 cm³/mol. The number of thiazole rings is 1. The lowest BCUT2D eigenvalue weighted by Crippen LogP contribution is -2.31. The first-order valence-corrected chi connectivity index (χ1v) is 11.4. The number of amides is 1. The lowest BCUT2D eigenvalue weighted by atomic mass is 10.2. The van der Waals surface area contributed by atoms with Crippen LogP contribution in [0.25, 0.3) is 10.2 Å². The third-order valence-electron chi connectivity index (χ3n) is 4.36. The second-order valence-corrected chi connectivity index (χ2v) is 9.47. The van der Waals surface area contributed by atoms with Gasteiger partial charge in [0.1, 0.15) is 5.82 Å². The van der Waals surface area contributed by atoms with Crippen molar-refractivity contribution >= 4 is 48.9 Å². The summed E-state index contributed by atoms with van der Waals surface area (Å²) in [5.41, 5.74) is 1.71. The number of nitrogens with one attached hydrogen (secondary N) is 1. The standard InChI is InChI=1S/C19H20FN3O4S2/c1-22-16-10-7-14(12-17(16)28-19(22)25)21-18(24)4-3-11-23(29(2,26)27)15-8-5-13(20)6-9-15/h5-10,12H,3-4,11H2,1-2H3,(H,21,24). The van der Waals surface area contributed by atoms with E-state index in [4.69, 9.17) is 0 Å². The molecule has 0 radical (unpaired) electrons. The van der Waals surface area contributed by atoms with Gasteiger partial charge in [0.25, 0.3) is 0 Å². The molecule has 1 heterocycles. The zero-order valence-corrected chi connectivity index (χ0v) is 17.5. The van der Waals surface area contributed by atoms with Gasteiger partial charge in [-0.25, -0.2) is 12.8 Å². The van der Waals surface area contributed by atoms with Crippen molar-refractivity contribution in [2.45, 2.75) is 12.8 Å². The summed E-state index contributed by atoms with van der Waals surface area (Å²) < 4.78 is 40.6. The maximum atomic E-state index is 13.1. The SMILES string of the molecule is Cn1c(=O)sc2cc(NC(=O)CCCN(c3ccc(F)cc3)S(C)(=O)=O)ccc21. The van der Waals surface area contributed by atoms with Gasteiger partial charge < -0.3 is 9.88 Å². The Kier molecular flexibility index (Phi) is 6.04. The summed E-state index contributed by atoms with van der Waals surface area (Å²) in [4.78, 5) is 23.9. The quantitative estimate of drug-likeness (QED) is 0.616. The second-order valence-electron chi connectivity index (χ2n) is 6.57. The van der Waals surface area contributed by atoms with Crippen molar-refractivity contribution < 1.29 is 17.6 Å².